The third kappa shape index (κ3) is 3.16. The summed E-state index contributed by atoms with van der Waals surface area (Å²) in [5.74, 6) is -1.30. The van der Waals surface area contributed by atoms with Gasteiger partial charge in [0.05, 0.1) is 19.2 Å². The van der Waals surface area contributed by atoms with Crippen molar-refractivity contribution in [1.29, 1.82) is 0 Å². The Morgan fingerprint density at radius 1 is 1.43 bits per heavy atom. The monoisotopic (exact) mass is 314 g/mol. The zero-order valence-electron chi connectivity index (χ0n) is 11.9. The molecule has 1 fully saturated rings. The summed E-state index contributed by atoms with van der Waals surface area (Å²) < 4.78 is 31.4. The standard InChI is InChI=1S/C13H18N2O5S/c1-9-3-4-10(13(16)17)8-15(9)21(18,19)11-5-6-12(20-2)14-7-11/h5-7,9-10H,3-4,8H2,1-2H3,(H,16,17). The van der Waals surface area contributed by atoms with E-state index in [4.69, 9.17) is 9.84 Å². The number of sulfonamides is 1. The molecule has 0 radical (unpaired) electrons. The Hall–Kier alpha value is -1.67. The van der Waals surface area contributed by atoms with E-state index in [1.165, 1.54) is 29.7 Å². The lowest BCUT2D eigenvalue weighted by atomic mass is 9.96. The minimum absolute atomic E-state index is 0.00906. The van der Waals surface area contributed by atoms with E-state index in [-0.39, 0.29) is 17.5 Å². The SMILES string of the molecule is COc1ccc(S(=O)(=O)N2CC(C(=O)O)CCC2C)cn1. The van der Waals surface area contributed by atoms with E-state index in [0.717, 1.165) is 0 Å². The second kappa shape index (κ2) is 5.98. The lowest BCUT2D eigenvalue weighted by Crippen LogP contribution is -2.47. The van der Waals surface area contributed by atoms with Gasteiger partial charge in [-0.25, -0.2) is 13.4 Å². The summed E-state index contributed by atoms with van der Waals surface area (Å²) in [5.41, 5.74) is 0. The minimum atomic E-state index is -3.75. The second-order valence-electron chi connectivity index (χ2n) is 5.07. The maximum atomic E-state index is 12.6. The van der Waals surface area contributed by atoms with Gasteiger partial charge in [0.25, 0.3) is 0 Å². The number of rotatable bonds is 4. The number of ether oxygens (including phenoxy) is 1. The minimum Gasteiger partial charge on any atom is -0.481 e. The molecule has 21 heavy (non-hydrogen) atoms. The Bertz CT molecular complexity index is 614. The van der Waals surface area contributed by atoms with Crippen molar-refractivity contribution in [1.82, 2.24) is 9.29 Å². The van der Waals surface area contributed by atoms with Crippen LogP contribution in [-0.2, 0) is 14.8 Å². The highest BCUT2D eigenvalue weighted by molar-refractivity contribution is 7.89. The fourth-order valence-corrected chi connectivity index (χ4v) is 4.04. The van der Waals surface area contributed by atoms with Gasteiger partial charge in [-0.15, -0.1) is 0 Å². The maximum Gasteiger partial charge on any atom is 0.307 e. The molecule has 2 unspecified atom stereocenters. The first-order valence-corrected chi connectivity index (χ1v) is 8.05. The number of nitrogens with zero attached hydrogens (tertiary/aromatic N) is 2. The van der Waals surface area contributed by atoms with Crippen molar-refractivity contribution in [3.8, 4) is 5.88 Å². The number of aromatic nitrogens is 1. The van der Waals surface area contributed by atoms with Crippen LogP contribution in [0.1, 0.15) is 19.8 Å². The molecule has 1 saturated heterocycles. The highest BCUT2D eigenvalue weighted by Crippen LogP contribution is 2.28. The first-order valence-electron chi connectivity index (χ1n) is 6.61. The van der Waals surface area contributed by atoms with Crippen LogP contribution in [0, 0.1) is 5.92 Å². The van der Waals surface area contributed by atoms with Crippen molar-refractivity contribution in [2.24, 2.45) is 5.92 Å². The van der Waals surface area contributed by atoms with Crippen LogP contribution in [0.2, 0.25) is 0 Å². The van der Waals surface area contributed by atoms with E-state index in [2.05, 4.69) is 4.98 Å². The summed E-state index contributed by atoms with van der Waals surface area (Å²) in [7, 11) is -2.31. The number of piperidine rings is 1. The molecule has 2 rings (SSSR count). The second-order valence-corrected chi connectivity index (χ2v) is 6.96. The molecule has 0 aliphatic carbocycles. The van der Waals surface area contributed by atoms with Crippen molar-refractivity contribution in [2.75, 3.05) is 13.7 Å². The van der Waals surface area contributed by atoms with Crippen molar-refractivity contribution < 1.29 is 23.1 Å². The quantitative estimate of drug-likeness (QED) is 0.889. The Labute approximate surface area is 123 Å². The first kappa shape index (κ1) is 15.7. The van der Waals surface area contributed by atoms with Crippen LogP contribution in [0.5, 0.6) is 5.88 Å². The summed E-state index contributed by atoms with van der Waals surface area (Å²) >= 11 is 0. The Morgan fingerprint density at radius 2 is 2.14 bits per heavy atom. The average Bonchev–Trinajstić information content (AvgIpc) is 2.47. The fourth-order valence-electron chi connectivity index (χ4n) is 2.39. The van der Waals surface area contributed by atoms with Gasteiger partial charge in [-0.2, -0.15) is 4.31 Å². The van der Waals surface area contributed by atoms with Crippen LogP contribution in [0.25, 0.3) is 0 Å². The molecule has 116 valence electrons. The number of hydrogen-bond donors (Lipinski definition) is 1. The van der Waals surface area contributed by atoms with E-state index in [1.807, 2.05) is 0 Å². The molecule has 8 heteroatoms. The van der Waals surface area contributed by atoms with Gasteiger partial charge in [0.1, 0.15) is 4.90 Å². The first-order chi connectivity index (χ1) is 9.86. The van der Waals surface area contributed by atoms with Crippen LogP contribution in [0.4, 0.5) is 0 Å². The van der Waals surface area contributed by atoms with Gasteiger partial charge in [0.2, 0.25) is 15.9 Å². The molecule has 1 aliphatic rings. The average molecular weight is 314 g/mol. The highest BCUT2D eigenvalue weighted by atomic mass is 32.2. The van der Waals surface area contributed by atoms with Gasteiger partial charge in [0.15, 0.2) is 0 Å². The molecule has 1 aliphatic heterocycles. The lowest BCUT2D eigenvalue weighted by molar-refractivity contribution is -0.143. The van der Waals surface area contributed by atoms with Gasteiger partial charge < -0.3 is 9.84 Å². The van der Waals surface area contributed by atoms with Crippen LogP contribution in [-0.4, -0.2) is 48.5 Å². The van der Waals surface area contributed by atoms with Crippen LogP contribution in [0.15, 0.2) is 23.2 Å². The molecule has 0 bridgehead atoms. The van der Waals surface area contributed by atoms with Gasteiger partial charge in [-0.1, -0.05) is 0 Å². The number of carboxylic acid groups (broad SMARTS) is 1. The van der Waals surface area contributed by atoms with Crippen molar-refractivity contribution in [3.63, 3.8) is 0 Å². The van der Waals surface area contributed by atoms with Gasteiger partial charge >= 0.3 is 5.97 Å². The third-order valence-electron chi connectivity index (χ3n) is 3.70. The van der Waals surface area contributed by atoms with E-state index >= 15 is 0 Å². The van der Waals surface area contributed by atoms with E-state index in [1.54, 1.807) is 6.92 Å². The summed E-state index contributed by atoms with van der Waals surface area (Å²) in [4.78, 5) is 15.0. The molecule has 1 N–H and O–H groups in total. The summed E-state index contributed by atoms with van der Waals surface area (Å²) in [5, 5.41) is 9.10. The van der Waals surface area contributed by atoms with Crippen LogP contribution in [0.3, 0.4) is 0 Å². The number of pyridine rings is 1. The van der Waals surface area contributed by atoms with Crippen molar-refractivity contribution >= 4 is 16.0 Å². The van der Waals surface area contributed by atoms with Crippen LogP contribution < -0.4 is 4.74 Å². The summed E-state index contributed by atoms with van der Waals surface area (Å²) in [6, 6.07) is 2.65. The molecule has 0 saturated carbocycles. The molecule has 1 aromatic heterocycles. The van der Waals surface area contributed by atoms with Gasteiger partial charge in [0, 0.05) is 18.7 Å². The molecule has 2 atom stereocenters. The Kier molecular flexibility index (Phi) is 4.48. The summed E-state index contributed by atoms with van der Waals surface area (Å²) in [6.07, 6.45) is 2.24. The van der Waals surface area contributed by atoms with Crippen LogP contribution >= 0.6 is 0 Å². The Morgan fingerprint density at radius 3 is 2.67 bits per heavy atom. The van der Waals surface area contributed by atoms with E-state index < -0.39 is 21.9 Å². The number of carboxylic acids is 1. The predicted octanol–water partition coefficient (Wildman–Crippen LogP) is 0.964. The maximum absolute atomic E-state index is 12.6. The van der Waals surface area contributed by atoms with Gasteiger partial charge in [-0.3, -0.25) is 4.79 Å². The topological polar surface area (TPSA) is 96.8 Å². The summed E-state index contributed by atoms with van der Waals surface area (Å²) in [6.45, 7) is 1.78. The number of hydrogen-bond acceptors (Lipinski definition) is 5. The smallest absolute Gasteiger partial charge is 0.307 e. The molecule has 0 spiro atoms. The molecular formula is C13H18N2O5S. The zero-order valence-corrected chi connectivity index (χ0v) is 12.7. The van der Waals surface area contributed by atoms with Gasteiger partial charge in [-0.05, 0) is 25.8 Å². The third-order valence-corrected chi connectivity index (χ3v) is 5.66. The number of methoxy groups -OCH3 is 1. The molecule has 7 nitrogen and oxygen atoms in total. The Balaban J connectivity index is 2.29. The zero-order chi connectivity index (χ0) is 15.6. The number of carbonyl (C=O) groups is 1. The van der Waals surface area contributed by atoms with Crippen molar-refractivity contribution in [2.45, 2.75) is 30.7 Å². The van der Waals surface area contributed by atoms with E-state index in [9.17, 15) is 13.2 Å². The van der Waals surface area contributed by atoms with Crippen molar-refractivity contribution in [3.05, 3.63) is 18.3 Å². The highest BCUT2D eigenvalue weighted by Gasteiger charge is 2.37. The molecule has 2 heterocycles. The molecular weight excluding hydrogens is 296 g/mol. The normalized spacial score (nSPS) is 23.7. The molecule has 1 aromatic rings. The number of aliphatic carboxylic acids is 1. The molecule has 0 aromatic carbocycles. The molecule has 0 amide bonds. The largest absolute Gasteiger partial charge is 0.481 e. The fraction of sp³-hybridized carbons (Fsp3) is 0.538. The predicted molar refractivity (Wildman–Crippen MR) is 74.5 cm³/mol. The van der Waals surface area contributed by atoms with E-state index in [0.29, 0.717) is 18.7 Å². The lowest BCUT2D eigenvalue weighted by Gasteiger charge is -2.35.